The van der Waals surface area contributed by atoms with E-state index in [2.05, 4.69) is 4.57 Å². The van der Waals surface area contributed by atoms with Crippen molar-refractivity contribution in [3.8, 4) is 0 Å². The van der Waals surface area contributed by atoms with E-state index in [9.17, 15) is 0 Å². The van der Waals surface area contributed by atoms with E-state index >= 15 is 0 Å². The summed E-state index contributed by atoms with van der Waals surface area (Å²) < 4.78 is 2.38. The van der Waals surface area contributed by atoms with Crippen LogP contribution in [0.4, 0.5) is 0 Å². The summed E-state index contributed by atoms with van der Waals surface area (Å²) in [6.07, 6.45) is 3.23. The van der Waals surface area contributed by atoms with Crippen molar-refractivity contribution in [1.82, 2.24) is 9.55 Å². The Balaban J connectivity index is 2.11. The summed E-state index contributed by atoms with van der Waals surface area (Å²) in [4.78, 5) is 4.73. The van der Waals surface area contributed by atoms with Crippen molar-refractivity contribution in [2.75, 3.05) is 17.4 Å². The minimum Gasteiger partial charge on any atom is -0.325 e. The predicted octanol–water partition coefficient (Wildman–Crippen LogP) is 4.54. The maximum Gasteiger partial charge on any atom is 0.111 e. The third-order valence-corrected chi connectivity index (χ3v) is 5.07. The van der Waals surface area contributed by atoms with E-state index in [0.717, 1.165) is 28.3 Å². The molecular formula is C14H16Cl2N2S. The summed E-state index contributed by atoms with van der Waals surface area (Å²) in [6, 6.07) is 6.48. The molecule has 0 radical (unpaired) electrons. The van der Waals surface area contributed by atoms with Crippen molar-refractivity contribution in [3.05, 3.63) is 29.0 Å². The van der Waals surface area contributed by atoms with E-state index in [-0.39, 0.29) is 0 Å². The number of rotatable bonds is 3. The molecule has 1 aliphatic rings. The molecule has 1 aromatic heterocycles. The molecule has 0 amide bonds. The first-order valence-corrected chi connectivity index (χ1v) is 8.66. The zero-order valence-corrected chi connectivity index (χ0v) is 12.9. The molecule has 0 atom stereocenters. The van der Waals surface area contributed by atoms with E-state index in [4.69, 9.17) is 28.2 Å². The first-order valence-electron chi connectivity index (χ1n) is 6.59. The van der Waals surface area contributed by atoms with Gasteiger partial charge < -0.3 is 4.57 Å². The molecule has 0 N–H and O–H groups in total. The van der Waals surface area contributed by atoms with E-state index in [1.165, 1.54) is 24.3 Å². The van der Waals surface area contributed by atoms with Crippen molar-refractivity contribution in [2.24, 2.45) is 0 Å². The molecular weight excluding hydrogens is 299 g/mol. The lowest BCUT2D eigenvalue weighted by atomic mass is 10.1. The van der Waals surface area contributed by atoms with Gasteiger partial charge in [0.1, 0.15) is 5.82 Å². The van der Waals surface area contributed by atoms with Crippen LogP contribution in [0.15, 0.2) is 18.2 Å². The van der Waals surface area contributed by atoms with Gasteiger partial charge in [0.2, 0.25) is 0 Å². The molecule has 2 aromatic rings. The summed E-state index contributed by atoms with van der Waals surface area (Å²) in [5.74, 6) is 4.17. The molecule has 1 fully saturated rings. The number of imidazole rings is 1. The summed E-state index contributed by atoms with van der Waals surface area (Å²) in [5, 5.41) is 0.774. The van der Waals surface area contributed by atoms with Gasteiger partial charge >= 0.3 is 0 Å². The molecule has 1 aliphatic heterocycles. The molecule has 1 aromatic carbocycles. The lowest BCUT2D eigenvalue weighted by molar-refractivity contribution is 0.466. The SMILES string of the molecule is ClCCc1nc2ccc(Cl)cc2n1C1CCSCC1. The zero-order valence-electron chi connectivity index (χ0n) is 10.6. The molecule has 0 unspecified atom stereocenters. The van der Waals surface area contributed by atoms with E-state index in [0.29, 0.717) is 11.9 Å². The van der Waals surface area contributed by atoms with Crippen LogP contribution in [0.25, 0.3) is 11.0 Å². The number of halogens is 2. The van der Waals surface area contributed by atoms with Crippen LogP contribution in [-0.4, -0.2) is 26.9 Å². The number of alkyl halides is 1. The molecule has 5 heteroatoms. The maximum atomic E-state index is 6.14. The largest absolute Gasteiger partial charge is 0.325 e. The van der Waals surface area contributed by atoms with Gasteiger partial charge in [-0.05, 0) is 42.5 Å². The van der Waals surface area contributed by atoms with Gasteiger partial charge in [-0.25, -0.2) is 4.98 Å². The third kappa shape index (κ3) is 2.74. The number of fused-ring (bicyclic) bond motifs is 1. The molecule has 0 bridgehead atoms. The smallest absolute Gasteiger partial charge is 0.111 e. The molecule has 19 heavy (non-hydrogen) atoms. The number of hydrogen-bond donors (Lipinski definition) is 0. The van der Waals surface area contributed by atoms with E-state index < -0.39 is 0 Å². The number of aromatic nitrogens is 2. The fraction of sp³-hybridized carbons (Fsp3) is 0.500. The molecule has 102 valence electrons. The average Bonchev–Trinajstić information content (AvgIpc) is 2.77. The number of aryl methyl sites for hydroxylation is 1. The average molecular weight is 315 g/mol. The van der Waals surface area contributed by atoms with Crippen molar-refractivity contribution >= 4 is 46.0 Å². The second-order valence-electron chi connectivity index (χ2n) is 4.81. The Morgan fingerprint density at radius 2 is 2.11 bits per heavy atom. The fourth-order valence-electron chi connectivity index (χ4n) is 2.73. The monoisotopic (exact) mass is 314 g/mol. The van der Waals surface area contributed by atoms with Crippen LogP contribution in [0.5, 0.6) is 0 Å². The third-order valence-electron chi connectivity index (χ3n) is 3.60. The van der Waals surface area contributed by atoms with Gasteiger partial charge in [-0.2, -0.15) is 11.8 Å². The number of hydrogen-bond acceptors (Lipinski definition) is 2. The Kier molecular flexibility index (Phi) is 4.25. The van der Waals surface area contributed by atoms with Crippen molar-refractivity contribution in [3.63, 3.8) is 0 Å². The first kappa shape index (κ1) is 13.6. The summed E-state index contributed by atoms with van der Waals surface area (Å²) in [5.41, 5.74) is 2.19. The molecule has 2 nitrogen and oxygen atoms in total. The topological polar surface area (TPSA) is 17.8 Å². The maximum absolute atomic E-state index is 6.14. The van der Waals surface area contributed by atoms with Crippen molar-refractivity contribution < 1.29 is 0 Å². The van der Waals surface area contributed by atoms with Crippen molar-refractivity contribution in [2.45, 2.75) is 25.3 Å². The first-order chi connectivity index (χ1) is 9.29. The highest BCUT2D eigenvalue weighted by Gasteiger charge is 2.21. The molecule has 0 spiro atoms. The quantitative estimate of drug-likeness (QED) is 0.774. The molecule has 1 saturated heterocycles. The van der Waals surface area contributed by atoms with Crippen LogP contribution in [0.2, 0.25) is 5.02 Å². The Morgan fingerprint density at radius 3 is 2.84 bits per heavy atom. The molecule has 0 aliphatic carbocycles. The van der Waals surface area contributed by atoms with Crippen LogP contribution >= 0.6 is 35.0 Å². The van der Waals surface area contributed by atoms with Gasteiger partial charge in [0, 0.05) is 23.4 Å². The molecule has 0 saturated carbocycles. The van der Waals surface area contributed by atoms with E-state index in [1.807, 2.05) is 30.0 Å². The van der Waals surface area contributed by atoms with Gasteiger partial charge in [0.05, 0.1) is 11.0 Å². The Bertz CT molecular complexity index is 576. The highest BCUT2D eigenvalue weighted by Crippen LogP contribution is 2.32. The Hall–Kier alpha value is -0.380. The second-order valence-corrected chi connectivity index (χ2v) is 6.85. The summed E-state index contributed by atoms with van der Waals surface area (Å²) in [6.45, 7) is 0. The molecule has 2 heterocycles. The number of benzene rings is 1. The normalized spacial score (nSPS) is 17.2. The minimum atomic E-state index is 0.544. The van der Waals surface area contributed by atoms with Crippen LogP contribution in [-0.2, 0) is 6.42 Å². The van der Waals surface area contributed by atoms with Gasteiger partial charge in [-0.3, -0.25) is 0 Å². The highest BCUT2D eigenvalue weighted by atomic mass is 35.5. The van der Waals surface area contributed by atoms with Gasteiger partial charge in [0.25, 0.3) is 0 Å². The van der Waals surface area contributed by atoms with Crippen molar-refractivity contribution in [1.29, 1.82) is 0 Å². The Morgan fingerprint density at radius 1 is 1.32 bits per heavy atom. The standard InChI is InChI=1S/C14H16Cl2N2S/c15-6-3-14-17-12-2-1-10(16)9-13(12)18(14)11-4-7-19-8-5-11/h1-2,9,11H,3-8H2. The van der Waals surface area contributed by atoms with E-state index in [1.54, 1.807) is 0 Å². The number of nitrogens with zero attached hydrogens (tertiary/aromatic N) is 2. The summed E-state index contributed by atoms with van der Waals surface area (Å²) in [7, 11) is 0. The fourth-order valence-corrected chi connectivity index (χ4v) is 4.14. The predicted molar refractivity (Wildman–Crippen MR) is 84.8 cm³/mol. The van der Waals surface area contributed by atoms with Crippen LogP contribution in [0, 0.1) is 0 Å². The second kappa shape index (κ2) is 5.94. The van der Waals surface area contributed by atoms with Crippen LogP contribution in [0.1, 0.15) is 24.7 Å². The highest BCUT2D eigenvalue weighted by molar-refractivity contribution is 7.99. The number of thioether (sulfide) groups is 1. The summed E-state index contributed by atoms with van der Waals surface area (Å²) >= 11 is 14.1. The minimum absolute atomic E-state index is 0.544. The van der Waals surface area contributed by atoms with Crippen LogP contribution in [0.3, 0.4) is 0 Å². The Labute approximate surface area is 127 Å². The lowest BCUT2D eigenvalue weighted by Gasteiger charge is -2.25. The van der Waals surface area contributed by atoms with Gasteiger partial charge in [-0.1, -0.05) is 11.6 Å². The lowest BCUT2D eigenvalue weighted by Crippen LogP contribution is -2.17. The zero-order chi connectivity index (χ0) is 13.2. The molecule has 3 rings (SSSR count). The van der Waals surface area contributed by atoms with Gasteiger partial charge in [-0.15, -0.1) is 11.6 Å². The van der Waals surface area contributed by atoms with Gasteiger partial charge in [0.15, 0.2) is 0 Å². The van der Waals surface area contributed by atoms with Crippen LogP contribution < -0.4 is 0 Å².